The highest BCUT2D eigenvalue weighted by atomic mass is 19.4. The Labute approximate surface area is 240 Å². The molecular weight excluding hydrogens is 648 g/mol. The summed E-state index contributed by atoms with van der Waals surface area (Å²) in [6.07, 6.45) is -1.05. The van der Waals surface area contributed by atoms with E-state index >= 15 is 0 Å². The van der Waals surface area contributed by atoms with Crippen LogP contribution in [0, 0.1) is 5.92 Å². The minimum atomic E-state index is -8.57. The molecule has 1 aliphatic carbocycles. The molecule has 0 spiro atoms. The van der Waals surface area contributed by atoms with E-state index in [2.05, 4.69) is 4.74 Å². The average molecular weight is 674 g/mol. The van der Waals surface area contributed by atoms with Crippen LogP contribution in [0.1, 0.15) is 80.6 Å². The summed E-state index contributed by atoms with van der Waals surface area (Å²) in [6.45, 7) is 0.806. The van der Waals surface area contributed by atoms with Gasteiger partial charge in [0.05, 0.1) is 5.56 Å². The maximum absolute atomic E-state index is 14.1. The first-order valence-electron chi connectivity index (χ1n) is 13.0. The Morgan fingerprint density at radius 1 is 0.659 bits per heavy atom. The molecule has 0 atom stereocenters. The van der Waals surface area contributed by atoms with E-state index in [4.69, 9.17) is 0 Å². The maximum Gasteiger partial charge on any atom is 0.473 e. The Kier molecular flexibility index (Phi) is 10.4. The molecule has 1 aromatic carbocycles. The lowest BCUT2D eigenvalue weighted by Crippen LogP contribution is -2.74. The number of hydrogen-bond acceptors (Lipinski definition) is 2. The zero-order chi connectivity index (χ0) is 34.4. The lowest BCUT2D eigenvalue weighted by molar-refractivity contribution is -0.467. The molecule has 0 bridgehead atoms. The molecule has 1 aromatic rings. The minimum absolute atomic E-state index is 0.0653. The van der Waals surface area contributed by atoms with E-state index in [9.17, 15) is 75.0 Å². The number of unbranched alkanes of at least 4 members (excludes halogenated alkanes) is 1. The van der Waals surface area contributed by atoms with Crippen LogP contribution in [0.2, 0.25) is 0 Å². The van der Waals surface area contributed by atoms with Crippen LogP contribution in [0.3, 0.4) is 0 Å². The number of carbonyl (C=O) groups is 1. The fourth-order valence-electron chi connectivity index (χ4n) is 4.66. The van der Waals surface area contributed by atoms with Crippen molar-refractivity contribution >= 4 is 5.97 Å². The Bertz CT molecular complexity index is 1130. The maximum atomic E-state index is 14.1. The molecule has 44 heavy (non-hydrogen) atoms. The summed E-state index contributed by atoms with van der Waals surface area (Å²) < 4.78 is 221. The first-order chi connectivity index (χ1) is 19.6. The summed E-state index contributed by atoms with van der Waals surface area (Å²) >= 11 is 0. The smallest absolute Gasteiger partial charge is 0.392 e. The van der Waals surface area contributed by atoms with Crippen molar-refractivity contribution in [2.75, 3.05) is 0 Å². The molecule has 0 heterocycles. The lowest BCUT2D eigenvalue weighted by atomic mass is 9.77. The molecule has 0 amide bonds. The summed E-state index contributed by atoms with van der Waals surface area (Å²) in [5.41, 5.74) is -0.492. The van der Waals surface area contributed by atoms with Crippen molar-refractivity contribution in [1.29, 1.82) is 0 Å². The number of benzene rings is 1. The standard InChI is InChI=1S/C26H26F16O2/c1-3-4-5-14-6-8-15(9-7-14)16-10-12-17(13-11-16)18(43)44-26(41,42)25(39,40)24(37,38)23(35,36)22(33,34)21(31,32)20(29,30)19(2,27)28/h10-15H,3-9H2,1-2H3. The van der Waals surface area contributed by atoms with Crippen LogP contribution >= 0.6 is 0 Å². The van der Waals surface area contributed by atoms with Gasteiger partial charge < -0.3 is 4.74 Å². The number of esters is 1. The molecule has 0 radical (unpaired) electrons. The SMILES string of the molecule is CCCCC1CCC(c2ccc(C(=O)OC(F)(F)C(F)(F)C(F)(F)C(F)(F)C(F)(F)C(F)(F)C(F)(F)C(C)(F)F)cc2)CC1. The Morgan fingerprint density at radius 3 is 1.48 bits per heavy atom. The summed E-state index contributed by atoms with van der Waals surface area (Å²) in [7, 11) is 0. The fraction of sp³-hybridized carbons (Fsp3) is 0.731. The predicted molar refractivity (Wildman–Crippen MR) is 121 cm³/mol. The largest absolute Gasteiger partial charge is 0.473 e. The quantitative estimate of drug-likeness (QED) is 0.154. The predicted octanol–water partition coefficient (Wildman–Crippen LogP) is 10.4. The van der Waals surface area contributed by atoms with Gasteiger partial charge in [-0.05, 0) is 55.2 Å². The van der Waals surface area contributed by atoms with Gasteiger partial charge in [-0.2, -0.15) is 70.2 Å². The molecule has 0 saturated heterocycles. The van der Waals surface area contributed by atoms with E-state index in [0.29, 0.717) is 36.5 Å². The van der Waals surface area contributed by atoms with Gasteiger partial charge in [0.25, 0.3) is 0 Å². The molecule has 2 nitrogen and oxygen atoms in total. The second-order valence-electron chi connectivity index (χ2n) is 10.7. The number of rotatable bonds is 13. The van der Waals surface area contributed by atoms with Crippen molar-refractivity contribution in [3.05, 3.63) is 35.4 Å². The van der Waals surface area contributed by atoms with Crippen molar-refractivity contribution in [1.82, 2.24) is 0 Å². The fourth-order valence-corrected chi connectivity index (χ4v) is 4.66. The third-order valence-electron chi connectivity index (χ3n) is 7.54. The van der Waals surface area contributed by atoms with Gasteiger partial charge in [-0.3, -0.25) is 0 Å². The Balaban J connectivity index is 2.29. The Morgan fingerprint density at radius 2 is 1.07 bits per heavy atom. The summed E-state index contributed by atoms with van der Waals surface area (Å²) in [5.74, 6) is -57.8. The van der Waals surface area contributed by atoms with E-state index < -0.39 is 66.0 Å². The molecule has 18 heteroatoms. The van der Waals surface area contributed by atoms with Crippen LogP contribution in [-0.4, -0.2) is 53.5 Å². The highest BCUT2D eigenvalue weighted by Gasteiger charge is 2.95. The summed E-state index contributed by atoms with van der Waals surface area (Å²) in [5, 5.41) is 0. The van der Waals surface area contributed by atoms with E-state index in [1.54, 1.807) is 0 Å². The first-order valence-corrected chi connectivity index (χ1v) is 13.0. The van der Waals surface area contributed by atoms with Crippen molar-refractivity contribution in [3.63, 3.8) is 0 Å². The van der Waals surface area contributed by atoms with Crippen LogP contribution in [0.4, 0.5) is 70.2 Å². The average Bonchev–Trinajstić information content (AvgIpc) is 2.90. The summed E-state index contributed by atoms with van der Waals surface area (Å²) in [4.78, 5) is 12.0. The molecule has 1 aliphatic rings. The van der Waals surface area contributed by atoms with Crippen LogP contribution < -0.4 is 0 Å². The topological polar surface area (TPSA) is 26.3 Å². The molecule has 254 valence electrons. The number of halogens is 16. The molecule has 2 rings (SSSR count). The van der Waals surface area contributed by atoms with Crippen LogP contribution in [0.5, 0.6) is 0 Å². The van der Waals surface area contributed by atoms with Gasteiger partial charge in [0.2, 0.25) is 0 Å². The van der Waals surface area contributed by atoms with Crippen molar-refractivity contribution in [3.8, 4) is 0 Å². The third-order valence-corrected chi connectivity index (χ3v) is 7.54. The van der Waals surface area contributed by atoms with Gasteiger partial charge in [-0.1, -0.05) is 38.3 Å². The van der Waals surface area contributed by atoms with Crippen molar-refractivity contribution in [2.45, 2.75) is 112 Å². The second kappa shape index (κ2) is 12.1. The van der Waals surface area contributed by atoms with Gasteiger partial charge >= 0.3 is 53.5 Å². The summed E-state index contributed by atoms with van der Waals surface area (Å²) in [6, 6.07) is 3.75. The highest BCUT2D eigenvalue weighted by Crippen LogP contribution is 2.63. The Hall–Kier alpha value is -2.43. The first kappa shape index (κ1) is 37.8. The third kappa shape index (κ3) is 6.18. The monoisotopic (exact) mass is 674 g/mol. The van der Waals surface area contributed by atoms with E-state index in [1.807, 2.05) is 6.92 Å². The zero-order valence-electron chi connectivity index (χ0n) is 22.8. The van der Waals surface area contributed by atoms with Crippen LogP contribution in [0.15, 0.2) is 24.3 Å². The number of ether oxygens (including phenoxy) is 1. The molecule has 0 N–H and O–H groups in total. The molecule has 0 aliphatic heterocycles. The van der Waals surface area contributed by atoms with Crippen molar-refractivity contribution in [2.24, 2.45) is 5.92 Å². The molecule has 1 fully saturated rings. The van der Waals surface area contributed by atoms with Crippen LogP contribution in [-0.2, 0) is 4.74 Å². The number of carbonyl (C=O) groups excluding carboxylic acids is 1. The number of hydrogen-bond donors (Lipinski definition) is 0. The van der Waals surface area contributed by atoms with Gasteiger partial charge in [-0.15, -0.1) is 0 Å². The van der Waals surface area contributed by atoms with E-state index in [0.717, 1.165) is 32.1 Å². The van der Waals surface area contributed by atoms with Gasteiger partial charge in [0, 0.05) is 6.92 Å². The molecule has 0 unspecified atom stereocenters. The van der Waals surface area contributed by atoms with Crippen molar-refractivity contribution < 1.29 is 79.8 Å². The van der Waals surface area contributed by atoms with Gasteiger partial charge in [0.1, 0.15) is 0 Å². The van der Waals surface area contributed by atoms with Gasteiger partial charge in [-0.25, -0.2) is 4.79 Å². The normalized spacial score (nSPS) is 20.0. The highest BCUT2D eigenvalue weighted by molar-refractivity contribution is 5.89. The minimum Gasteiger partial charge on any atom is -0.392 e. The second-order valence-corrected chi connectivity index (χ2v) is 10.7. The molecule has 1 saturated carbocycles. The van der Waals surface area contributed by atoms with Crippen LogP contribution in [0.25, 0.3) is 0 Å². The van der Waals surface area contributed by atoms with E-state index in [1.165, 1.54) is 12.1 Å². The molecule has 0 aromatic heterocycles. The lowest BCUT2D eigenvalue weighted by Gasteiger charge is -2.42. The van der Waals surface area contributed by atoms with Gasteiger partial charge in [0.15, 0.2) is 0 Å². The zero-order valence-corrected chi connectivity index (χ0v) is 22.8. The molecular formula is C26H26F16O2. The number of alkyl halides is 16. The van der Waals surface area contributed by atoms with E-state index in [-0.39, 0.29) is 5.92 Å².